The van der Waals surface area contributed by atoms with Gasteiger partial charge in [-0.25, -0.2) is 4.98 Å². The van der Waals surface area contributed by atoms with Crippen LogP contribution in [0, 0.1) is 18.8 Å². The van der Waals surface area contributed by atoms with Crippen molar-refractivity contribution >= 4 is 28.6 Å². The van der Waals surface area contributed by atoms with Gasteiger partial charge in [-0.3, -0.25) is 4.79 Å². The molecule has 104 valence electrons. The Bertz CT molecular complexity index is 663. The fourth-order valence-electron chi connectivity index (χ4n) is 1.67. The van der Waals surface area contributed by atoms with Gasteiger partial charge >= 0.3 is 0 Å². The summed E-state index contributed by atoms with van der Waals surface area (Å²) in [5.74, 6) is 5.75. The van der Waals surface area contributed by atoms with E-state index >= 15 is 0 Å². The zero-order valence-electron chi connectivity index (χ0n) is 11.3. The van der Waals surface area contributed by atoms with Gasteiger partial charge in [-0.2, -0.15) is 0 Å². The molecule has 0 aliphatic heterocycles. The fraction of sp³-hybridized carbons (Fsp3) is 0.286. The van der Waals surface area contributed by atoms with Crippen LogP contribution in [0.4, 0.5) is 0 Å². The van der Waals surface area contributed by atoms with Crippen LogP contribution in [-0.2, 0) is 6.54 Å². The smallest absolute Gasteiger partial charge is 0.273 e. The van der Waals surface area contributed by atoms with Crippen molar-refractivity contribution in [3.63, 3.8) is 0 Å². The summed E-state index contributed by atoms with van der Waals surface area (Å²) in [6.07, 6.45) is 0. The first-order chi connectivity index (χ1) is 9.60. The highest BCUT2D eigenvalue weighted by atomic mass is 32.1. The summed E-state index contributed by atoms with van der Waals surface area (Å²) in [6.45, 7) is 2.80. The van der Waals surface area contributed by atoms with E-state index in [4.69, 9.17) is 5.73 Å². The van der Waals surface area contributed by atoms with E-state index in [0.717, 1.165) is 15.4 Å². The van der Waals surface area contributed by atoms with E-state index in [9.17, 15) is 4.79 Å². The number of thiophene rings is 1. The molecule has 0 bridgehead atoms. The van der Waals surface area contributed by atoms with Gasteiger partial charge in [0.05, 0.1) is 16.4 Å². The Hall–Kier alpha value is -1.68. The molecule has 20 heavy (non-hydrogen) atoms. The molecule has 0 fully saturated rings. The lowest BCUT2D eigenvalue weighted by Crippen LogP contribution is -2.26. The molecule has 2 N–H and O–H groups in total. The SMILES string of the molecule is Cc1nc(C(=O)N(C)Cc2csc(C#CCN)c2)cs1. The lowest BCUT2D eigenvalue weighted by atomic mass is 10.3. The zero-order valence-corrected chi connectivity index (χ0v) is 13.0. The van der Waals surface area contributed by atoms with Crippen molar-refractivity contribution in [2.24, 2.45) is 5.73 Å². The lowest BCUT2D eigenvalue weighted by Gasteiger charge is -2.14. The van der Waals surface area contributed by atoms with E-state index in [-0.39, 0.29) is 5.91 Å². The Labute approximate surface area is 126 Å². The van der Waals surface area contributed by atoms with E-state index in [1.54, 1.807) is 28.7 Å². The average molecular weight is 305 g/mol. The van der Waals surface area contributed by atoms with Crippen LogP contribution in [0.3, 0.4) is 0 Å². The Kier molecular flexibility index (Phi) is 4.90. The highest BCUT2D eigenvalue weighted by Crippen LogP contribution is 2.16. The molecule has 0 aliphatic carbocycles. The van der Waals surface area contributed by atoms with E-state index < -0.39 is 0 Å². The molecular weight excluding hydrogens is 290 g/mol. The second-order valence-electron chi connectivity index (χ2n) is 4.24. The van der Waals surface area contributed by atoms with Crippen LogP contribution >= 0.6 is 22.7 Å². The normalized spacial score (nSPS) is 9.95. The molecule has 2 rings (SSSR count). The van der Waals surface area contributed by atoms with Gasteiger partial charge in [-0.1, -0.05) is 11.8 Å². The molecule has 0 aliphatic rings. The predicted molar refractivity (Wildman–Crippen MR) is 82.9 cm³/mol. The van der Waals surface area contributed by atoms with Crippen LogP contribution < -0.4 is 5.73 Å². The molecule has 6 heteroatoms. The van der Waals surface area contributed by atoms with Crippen molar-refractivity contribution in [3.05, 3.63) is 38.0 Å². The largest absolute Gasteiger partial charge is 0.336 e. The van der Waals surface area contributed by atoms with Crippen LogP contribution in [0.25, 0.3) is 0 Å². The third-order valence-corrected chi connectivity index (χ3v) is 4.24. The van der Waals surface area contributed by atoms with Crippen LogP contribution in [0.1, 0.15) is 25.9 Å². The Balaban J connectivity index is 2.02. The van der Waals surface area contributed by atoms with Crippen molar-refractivity contribution in [3.8, 4) is 11.8 Å². The summed E-state index contributed by atoms with van der Waals surface area (Å²) in [4.78, 5) is 19.0. The fourth-order valence-corrected chi connectivity index (χ4v) is 3.02. The number of carbonyl (C=O) groups is 1. The Morgan fingerprint density at radius 1 is 1.45 bits per heavy atom. The topological polar surface area (TPSA) is 59.2 Å². The summed E-state index contributed by atoms with van der Waals surface area (Å²) in [6, 6.07) is 1.99. The maximum absolute atomic E-state index is 12.2. The van der Waals surface area contributed by atoms with E-state index in [1.165, 1.54) is 11.3 Å². The van der Waals surface area contributed by atoms with E-state index in [1.807, 2.05) is 18.4 Å². The first-order valence-electron chi connectivity index (χ1n) is 6.04. The third kappa shape index (κ3) is 3.67. The van der Waals surface area contributed by atoms with Gasteiger partial charge in [0.15, 0.2) is 0 Å². The van der Waals surface area contributed by atoms with Gasteiger partial charge in [0.1, 0.15) is 5.69 Å². The molecule has 0 radical (unpaired) electrons. The molecule has 2 heterocycles. The first kappa shape index (κ1) is 14.7. The van der Waals surface area contributed by atoms with Crippen molar-refractivity contribution in [1.29, 1.82) is 0 Å². The number of carbonyl (C=O) groups excluding carboxylic acids is 1. The predicted octanol–water partition coefficient (Wildman–Crippen LogP) is 2.10. The summed E-state index contributed by atoms with van der Waals surface area (Å²) < 4.78 is 0. The maximum atomic E-state index is 12.2. The molecule has 0 unspecified atom stereocenters. The molecule has 0 saturated heterocycles. The minimum Gasteiger partial charge on any atom is -0.336 e. The molecule has 2 aromatic rings. The number of nitrogens with zero attached hydrogens (tertiary/aromatic N) is 2. The lowest BCUT2D eigenvalue weighted by molar-refractivity contribution is 0.0780. The van der Waals surface area contributed by atoms with Crippen molar-refractivity contribution in [2.45, 2.75) is 13.5 Å². The standard InChI is InChI=1S/C14H15N3OS2/c1-10-16-13(9-19-10)14(18)17(2)7-11-6-12(20-8-11)4-3-5-15/h6,8-9H,5,7,15H2,1-2H3. The first-order valence-corrected chi connectivity index (χ1v) is 7.80. The molecule has 2 aromatic heterocycles. The average Bonchev–Trinajstić information content (AvgIpc) is 3.04. The van der Waals surface area contributed by atoms with Gasteiger partial charge in [0, 0.05) is 19.0 Å². The molecular formula is C14H15N3OS2. The highest BCUT2D eigenvalue weighted by Gasteiger charge is 2.15. The molecule has 0 spiro atoms. The molecule has 1 amide bonds. The maximum Gasteiger partial charge on any atom is 0.273 e. The second-order valence-corrected chi connectivity index (χ2v) is 6.21. The zero-order chi connectivity index (χ0) is 14.5. The number of aromatic nitrogens is 1. The third-order valence-electron chi connectivity index (χ3n) is 2.57. The minimum absolute atomic E-state index is 0.0601. The van der Waals surface area contributed by atoms with Gasteiger partial charge in [0.2, 0.25) is 0 Å². The van der Waals surface area contributed by atoms with E-state index in [0.29, 0.717) is 18.8 Å². The Morgan fingerprint density at radius 3 is 2.90 bits per heavy atom. The second kappa shape index (κ2) is 6.66. The van der Waals surface area contributed by atoms with Crippen molar-refractivity contribution in [1.82, 2.24) is 9.88 Å². The molecule has 0 aromatic carbocycles. The van der Waals surface area contributed by atoms with Gasteiger partial charge in [-0.05, 0) is 23.9 Å². The molecule has 0 saturated carbocycles. The number of hydrogen-bond donors (Lipinski definition) is 1. The number of rotatable bonds is 3. The minimum atomic E-state index is -0.0601. The summed E-state index contributed by atoms with van der Waals surface area (Å²) in [5, 5.41) is 4.70. The monoisotopic (exact) mass is 305 g/mol. The van der Waals surface area contributed by atoms with Gasteiger partial charge in [-0.15, -0.1) is 22.7 Å². The number of hydrogen-bond acceptors (Lipinski definition) is 5. The number of thiazole rings is 1. The van der Waals surface area contributed by atoms with Crippen LogP contribution in [0.2, 0.25) is 0 Å². The number of nitrogens with two attached hydrogens (primary N) is 1. The Morgan fingerprint density at radius 2 is 2.25 bits per heavy atom. The van der Waals surface area contributed by atoms with Crippen LogP contribution in [0.5, 0.6) is 0 Å². The highest BCUT2D eigenvalue weighted by molar-refractivity contribution is 7.10. The van der Waals surface area contributed by atoms with Gasteiger partial charge in [0.25, 0.3) is 5.91 Å². The van der Waals surface area contributed by atoms with Crippen molar-refractivity contribution < 1.29 is 4.79 Å². The summed E-state index contributed by atoms with van der Waals surface area (Å²) in [5.41, 5.74) is 6.92. The molecule has 0 atom stereocenters. The van der Waals surface area contributed by atoms with Crippen LogP contribution in [0.15, 0.2) is 16.8 Å². The number of aryl methyl sites for hydroxylation is 1. The quantitative estimate of drug-likeness (QED) is 0.883. The van der Waals surface area contributed by atoms with Crippen LogP contribution in [-0.4, -0.2) is 29.4 Å². The molecule has 4 nitrogen and oxygen atoms in total. The van der Waals surface area contributed by atoms with E-state index in [2.05, 4.69) is 16.8 Å². The van der Waals surface area contributed by atoms with Gasteiger partial charge < -0.3 is 10.6 Å². The summed E-state index contributed by atoms with van der Waals surface area (Å²) in [7, 11) is 1.78. The number of amides is 1. The van der Waals surface area contributed by atoms with Crippen molar-refractivity contribution in [2.75, 3.05) is 13.6 Å². The summed E-state index contributed by atoms with van der Waals surface area (Å²) >= 11 is 3.05.